The van der Waals surface area contributed by atoms with Crippen molar-refractivity contribution in [1.82, 2.24) is 10.6 Å². The number of hydrogen-bond acceptors (Lipinski definition) is 3. The van der Waals surface area contributed by atoms with Crippen LogP contribution in [0.3, 0.4) is 0 Å². The summed E-state index contributed by atoms with van der Waals surface area (Å²) in [5, 5.41) is 7.73. The molecular weight excluding hydrogens is 368 g/mol. The molecule has 0 bridgehead atoms. The van der Waals surface area contributed by atoms with Crippen LogP contribution >= 0.6 is 23.8 Å². The van der Waals surface area contributed by atoms with Crippen molar-refractivity contribution < 1.29 is 9.53 Å². The number of nitrogens with one attached hydrogen (secondary N) is 2. The summed E-state index contributed by atoms with van der Waals surface area (Å²) >= 11 is 11.5. The molecule has 0 fully saturated rings. The van der Waals surface area contributed by atoms with Crippen LogP contribution in [0.4, 0.5) is 0 Å². The quantitative estimate of drug-likeness (QED) is 0.460. The molecule has 136 valence electrons. The number of rotatable bonds is 5. The Morgan fingerprint density at radius 3 is 2.85 bits per heavy atom. The van der Waals surface area contributed by atoms with Crippen LogP contribution in [0.5, 0.6) is 0 Å². The van der Waals surface area contributed by atoms with E-state index in [-0.39, 0.29) is 18.6 Å². The van der Waals surface area contributed by atoms with E-state index in [0.29, 0.717) is 17.2 Å². The first kappa shape index (κ1) is 18.7. The first-order valence-electron chi connectivity index (χ1n) is 8.68. The molecule has 0 amide bonds. The Kier molecular flexibility index (Phi) is 6.47. The second-order valence-electron chi connectivity index (χ2n) is 6.19. The lowest BCUT2D eigenvalue weighted by Gasteiger charge is -2.27. The van der Waals surface area contributed by atoms with E-state index in [1.54, 1.807) is 12.1 Å². The fourth-order valence-corrected chi connectivity index (χ4v) is 3.52. The predicted molar refractivity (Wildman–Crippen MR) is 108 cm³/mol. The van der Waals surface area contributed by atoms with Crippen molar-refractivity contribution in [2.75, 3.05) is 13.2 Å². The second-order valence-corrected chi connectivity index (χ2v) is 7.03. The van der Waals surface area contributed by atoms with Gasteiger partial charge >= 0.3 is 5.97 Å². The van der Waals surface area contributed by atoms with E-state index in [9.17, 15) is 4.79 Å². The lowest BCUT2D eigenvalue weighted by molar-refractivity contribution is 0.0512. The molecule has 1 unspecified atom stereocenters. The third-order valence-electron chi connectivity index (χ3n) is 4.36. The van der Waals surface area contributed by atoms with Crippen LogP contribution in [-0.2, 0) is 11.2 Å². The van der Waals surface area contributed by atoms with Gasteiger partial charge in [-0.3, -0.25) is 0 Å². The molecule has 0 saturated carbocycles. The van der Waals surface area contributed by atoms with Crippen molar-refractivity contribution in [1.29, 1.82) is 0 Å². The van der Waals surface area contributed by atoms with Crippen LogP contribution in [0.2, 0.25) is 5.02 Å². The molecule has 6 heteroatoms. The normalized spacial score (nSPS) is 15.7. The van der Waals surface area contributed by atoms with Crippen molar-refractivity contribution in [3.05, 3.63) is 70.2 Å². The molecule has 2 N–H and O–H groups in total. The van der Waals surface area contributed by atoms with Crippen molar-refractivity contribution in [3.63, 3.8) is 0 Å². The lowest BCUT2D eigenvalue weighted by atomic mass is 9.88. The maximum atomic E-state index is 11.9. The van der Waals surface area contributed by atoms with Gasteiger partial charge in [-0.05, 0) is 66.9 Å². The van der Waals surface area contributed by atoms with Crippen molar-refractivity contribution in [2.24, 2.45) is 0 Å². The Morgan fingerprint density at radius 2 is 2.04 bits per heavy atom. The van der Waals surface area contributed by atoms with Gasteiger partial charge < -0.3 is 15.4 Å². The van der Waals surface area contributed by atoms with Gasteiger partial charge in [0.15, 0.2) is 5.11 Å². The zero-order valence-corrected chi connectivity index (χ0v) is 15.9. The fraction of sp³-hybridized carbons (Fsp3) is 0.300. The van der Waals surface area contributed by atoms with Crippen LogP contribution in [0.1, 0.15) is 40.4 Å². The number of benzene rings is 2. The summed E-state index contributed by atoms with van der Waals surface area (Å²) < 4.78 is 5.23. The Bertz CT molecular complexity index is 783. The molecule has 0 saturated heterocycles. The van der Waals surface area contributed by atoms with E-state index in [0.717, 1.165) is 24.3 Å². The van der Waals surface area contributed by atoms with Crippen molar-refractivity contribution in [2.45, 2.75) is 25.3 Å². The van der Waals surface area contributed by atoms with E-state index in [1.165, 1.54) is 11.1 Å². The van der Waals surface area contributed by atoms with E-state index >= 15 is 0 Å². The minimum atomic E-state index is -0.331. The van der Waals surface area contributed by atoms with Crippen LogP contribution < -0.4 is 10.6 Å². The molecule has 2 aromatic rings. The maximum absolute atomic E-state index is 11.9. The monoisotopic (exact) mass is 388 g/mol. The standard InChI is InChI=1S/C20H21ClN2O2S/c21-16-10-9-14-7-4-8-18(17(14)13-16)23-20(26)22-11-12-25-19(24)15-5-2-1-3-6-15/h1-3,5-6,9-10,13,18H,4,7-8,11-12H2,(H2,22,23,26). The number of hydrogen-bond donors (Lipinski definition) is 2. The zero-order chi connectivity index (χ0) is 18.4. The van der Waals surface area contributed by atoms with Gasteiger partial charge in [0.2, 0.25) is 0 Å². The van der Waals surface area contributed by atoms with Crippen molar-refractivity contribution >= 4 is 34.9 Å². The highest BCUT2D eigenvalue weighted by Gasteiger charge is 2.21. The Hall–Kier alpha value is -2.11. The van der Waals surface area contributed by atoms with Gasteiger partial charge in [0, 0.05) is 5.02 Å². The van der Waals surface area contributed by atoms with Gasteiger partial charge in [-0.2, -0.15) is 0 Å². The maximum Gasteiger partial charge on any atom is 0.338 e. The number of carbonyl (C=O) groups excluding carboxylic acids is 1. The van der Waals surface area contributed by atoms with Crippen LogP contribution in [0.25, 0.3) is 0 Å². The summed E-state index contributed by atoms with van der Waals surface area (Å²) in [5.74, 6) is -0.331. The van der Waals surface area contributed by atoms with E-state index in [2.05, 4.69) is 16.7 Å². The minimum Gasteiger partial charge on any atom is -0.460 e. The molecular formula is C20H21ClN2O2S. The Labute approximate surface area is 163 Å². The van der Waals surface area contributed by atoms with E-state index in [4.69, 9.17) is 28.6 Å². The molecule has 1 aliphatic carbocycles. The highest BCUT2D eigenvalue weighted by atomic mass is 35.5. The average Bonchev–Trinajstić information content (AvgIpc) is 2.66. The number of carbonyl (C=O) groups is 1. The SMILES string of the molecule is O=C(OCCNC(=S)NC1CCCc2ccc(Cl)cc21)c1ccccc1. The summed E-state index contributed by atoms with van der Waals surface area (Å²) in [5.41, 5.74) is 3.07. The highest BCUT2D eigenvalue weighted by molar-refractivity contribution is 7.80. The fourth-order valence-electron chi connectivity index (χ4n) is 3.10. The highest BCUT2D eigenvalue weighted by Crippen LogP contribution is 2.31. The van der Waals surface area contributed by atoms with Crippen molar-refractivity contribution in [3.8, 4) is 0 Å². The zero-order valence-electron chi connectivity index (χ0n) is 14.3. The third kappa shape index (κ3) is 4.96. The third-order valence-corrected chi connectivity index (χ3v) is 4.86. The predicted octanol–water partition coefficient (Wildman–Crippen LogP) is 4.04. The molecule has 3 rings (SSSR count). The molecule has 0 heterocycles. The van der Waals surface area contributed by atoms with E-state index < -0.39 is 0 Å². The lowest BCUT2D eigenvalue weighted by Crippen LogP contribution is -2.40. The number of thiocarbonyl (C=S) groups is 1. The molecule has 1 aliphatic rings. The molecule has 0 aliphatic heterocycles. The van der Waals surface area contributed by atoms with Gasteiger partial charge in [-0.1, -0.05) is 35.9 Å². The second kappa shape index (κ2) is 9.01. The van der Waals surface area contributed by atoms with Crippen LogP contribution in [0, 0.1) is 0 Å². The number of esters is 1. The summed E-state index contributed by atoms with van der Waals surface area (Å²) in [4.78, 5) is 11.9. The summed E-state index contributed by atoms with van der Waals surface area (Å²) in [7, 11) is 0. The smallest absolute Gasteiger partial charge is 0.338 e. The molecule has 4 nitrogen and oxygen atoms in total. The minimum absolute atomic E-state index is 0.157. The first-order chi connectivity index (χ1) is 12.6. The van der Waals surface area contributed by atoms with Gasteiger partial charge in [0.25, 0.3) is 0 Å². The molecule has 0 aromatic heterocycles. The first-order valence-corrected chi connectivity index (χ1v) is 9.47. The molecule has 2 aromatic carbocycles. The molecule has 26 heavy (non-hydrogen) atoms. The largest absolute Gasteiger partial charge is 0.460 e. The molecule has 1 atom stereocenters. The number of fused-ring (bicyclic) bond motifs is 1. The van der Waals surface area contributed by atoms with Gasteiger partial charge in [0.1, 0.15) is 6.61 Å². The summed E-state index contributed by atoms with van der Waals surface area (Å²) in [6.45, 7) is 0.710. The molecule has 0 radical (unpaired) electrons. The number of halogens is 1. The van der Waals surface area contributed by atoms with Crippen LogP contribution in [-0.4, -0.2) is 24.2 Å². The van der Waals surface area contributed by atoms with Gasteiger partial charge in [-0.15, -0.1) is 0 Å². The van der Waals surface area contributed by atoms with Gasteiger partial charge in [-0.25, -0.2) is 4.79 Å². The number of aryl methyl sites for hydroxylation is 1. The average molecular weight is 389 g/mol. The summed E-state index contributed by atoms with van der Waals surface area (Å²) in [6.07, 6.45) is 3.20. The Morgan fingerprint density at radius 1 is 1.23 bits per heavy atom. The topological polar surface area (TPSA) is 50.4 Å². The Balaban J connectivity index is 1.44. The van der Waals surface area contributed by atoms with E-state index in [1.807, 2.05) is 30.3 Å². The molecule has 0 spiro atoms. The summed E-state index contributed by atoms with van der Waals surface area (Å²) in [6, 6.07) is 15.1. The number of ether oxygens (including phenoxy) is 1. The van der Waals surface area contributed by atoms with Gasteiger partial charge in [0.05, 0.1) is 18.2 Å². The van der Waals surface area contributed by atoms with Crippen LogP contribution in [0.15, 0.2) is 48.5 Å².